The molecule has 0 saturated heterocycles. The minimum atomic E-state index is -0.835. The van der Waals surface area contributed by atoms with Crippen LogP contribution < -0.4 is 5.32 Å². The lowest BCUT2D eigenvalue weighted by Gasteiger charge is -2.09. The lowest BCUT2D eigenvalue weighted by Crippen LogP contribution is -2.33. The molecule has 6 nitrogen and oxygen atoms in total. The molecule has 0 aromatic carbocycles. The minimum Gasteiger partial charge on any atom is -0.481 e. The van der Waals surface area contributed by atoms with E-state index in [1.807, 2.05) is 0 Å². The van der Waals surface area contributed by atoms with Gasteiger partial charge in [-0.15, -0.1) is 0 Å². The summed E-state index contributed by atoms with van der Waals surface area (Å²) < 4.78 is 1.64. The van der Waals surface area contributed by atoms with Crippen LogP contribution in [-0.4, -0.2) is 33.3 Å². The van der Waals surface area contributed by atoms with Gasteiger partial charge in [0, 0.05) is 25.9 Å². The van der Waals surface area contributed by atoms with E-state index in [-0.39, 0.29) is 12.5 Å². The first-order chi connectivity index (χ1) is 8.53. The highest BCUT2D eigenvalue weighted by Gasteiger charge is 2.50. The van der Waals surface area contributed by atoms with E-state index in [9.17, 15) is 9.59 Å². The van der Waals surface area contributed by atoms with Crippen LogP contribution in [0.25, 0.3) is 6.08 Å². The zero-order valence-electron chi connectivity index (χ0n) is 10.1. The molecular formula is C12H15N3O3. The molecule has 0 unspecified atom stereocenters. The van der Waals surface area contributed by atoms with Crippen molar-refractivity contribution in [3.05, 3.63) is 24.0 Å². The summed E-state index contributed by atoms with van der Waals surface area (Å²) in [6, 6.07) is 1.78. The Morgan fingerprint density at radius 3 is 2.83 bits per heavy atom. The summed E-state index contributed by atoms with van der Waals surface area (Å²) in [5.41, 5.74) is 0.0836. The average Bonchev–Trinajstić information content (AvgIpc) is 3.02. The average molecular weight is 249 g/mol. The van der Waals surface area contributed by atoms with Gasteiger partial charge in [0.15, 0.2) is 0 Å². The molecule has 1 aromatic rings. The van der Waals surface area contributed by atoms with Crippen molar-refractivity contribution >= 4 is 18.0 Å². The third kappa shape index (κ3) is 2.58. The molecule has 1 saturated carbocycles. The molecule has 2 rings (SSSR count). The second-order valence-corrected chi connectivity index (χ2v) is 4.52. The Morgan fingerprint density at radius 2 is 2.33 bits per heavy atom. The molecule has 0 atom stereocenters. The molecule has 1 fully saturated rings. The summed E-state index contributed by atoms with van der Waals surface area (Å²) in [5.74, 6) is -1.12. The fraction of sp³-hybridized carbons (Fsp3) is 0.417. The zero-order valence-corrected chi connectivity index (χ0v) is 10.1. The van der Waals surface area contributed by atoms with E-state index in [4.69, 9.17) is 5.11 Å². The zero-order chi connectivity index (χ0) is 13.2. The molecule has 2 N–H and O–H groups in total. The number of nitrogens with one attached hydrogen (secondary N) is 1. The Hall–Kier alpha value is -2.11. The maximum atomic E-state index is 11.5. The smallest absolute Gasteiger partial charge is 0.311 e. The number of hydrogen-bond donors (Lipinski definition) is 2. The van der Waals surface area contributed by atoms with E-state index in [0.717, 1.165) is 5.69 Å². The largest absolute Gasteiger partial charge is 0.481 e. The van der Waals surface area contributed by atoms with E-state index >= 15 is 0 Å². The van der Waals surface area contributed by atoms with Crippen molar-refractivity contribution in [3.8, 4) is 0 Å². The van der Waals surface area contributed by atoms with Crippen molar-refractivity contribution in [1.29, 1.82) is 0 Å². The van der Waals surface area contributed by atoms with E-state index in [1.165, 1.54) is 6.08 Å². The Bertz CT molecular complexity index is 500. The molecule has 1 aliphatic carbocycles. The SMILES string of the molecule is Cn1nccc1/C=C/C(=O)NCC1(C(=O)O)CC1. The first kappa shape index (κ1) is 12.3. The van der Waals surface area contributed by atoms with Gasteiger partial charge in [-0.1, -0.05) is 0 Å². The minimum absolute atomic E-state index is 0.191. The molecule has 1 amide bonds. The third-order valence-electron chi connectivity index (χ3n) is 3.17. The first-order valence-electron chi connectivity index (χ1n) is 5.71. The van der Waals surface area contributed by atoms with Crippen LogP contribution in [0.4, 0.5) is 0 Å². The van der Waals surface area contributed by atoms with Crippen LogP contribution in [0.5, 0.6) is 0 Å². The molecule has 18 heavy (non-hydrogen) atoms. The number of aliphatic carboxylic acids is 1. The number of carboxylic acid groups (broad SMARTS) is 1. The third-order valence-corrected chi connectivity index (χ3v) is 3.17. The summed E-state index contributed by atoms with van der Waals surface area (Å²) in [5, 5.41) is 15.5. The predicted molar refractivity (Wildman–Crippen MR) is 64.6 cm³/mol. The van der Waals surface area contributed by atoms with E-state index in [2.05, 4.69) is 10.4 Å². The van der Waals surface area contributed by atoms with Crippen molar-refractivity contribution in [2.24, 2.45) is 12.5 Å². The number of aromatic nitrogens is 2. The maximum absolute atomic E-state index is 11.5. The first-order valence-corrected chi connectivity index (χ1v) is 5.71. The van der Waals surface area contributed by atoms with Crippen molar-refractivity contribution in [2.45, 2.75) is 12.8 Å². The fourth-order valence-electron chi connectivity index (χ4n) is 1.64. The van der Waals surface area contributed by atoms with Crippen molar-refractivity contribution in [2.75, 3.05) is 6.54 Å². The summed E-state index contributed by atoms with van der Waals surface area (Å²) >= 11 is 0. The molecule has 1 aromatic heterocycles. The molecule has 0 radical (unpaired) electrons. The Kier molecular flexibility index (Phi) is 3.18. The molecule has 1 aliphatic rings. The summed E-state index contributed by atoms with van der Waals surface area (Å²) in [6.07, 6.45) is 5.93. The quantitative estimate of drug-likeness (QED) is 0.740. The van der Waals surface area contributed by atoms with Crippen LogP contribution in [-0.2, 0) is 16.6 Å². The highest BCUT2D eigenvalue weighted by molar-refractivity contribution is 5.92. The summed E-state index contributed by atoms with van der Waals surface area (Å²) in [6.45, 7) is 0.191. The van der Waals surface area contributed by atoms with Gasteiger partial charge in [-0.25, -0.2) is 0 Å². The van der Waals surface area contributed by atoms with Gasteiger partial charge in [0.25, 0.3) is 0 Å². The Morgan fingerprint density at radius 1 is 1.61 bits per heavy atom. The second kappa shape index (κ2) is 4.64. The Balaban J connectivity index is 1.85. The Labute approximate surface area is 104 Å². The number of aryl methyl sites for hydroxylation is 1. The van der Waals surface area contributed by atoms with Gasteiger partial charge in [-0.05, 0) is 25.0 Å². The van der Waals surface area contributed by atoms with Gasteiger partial charge in [-0.2, -0.15) is 5.10 Å². The van der Waals surface area contributed by atoms with E-state index in [1.54, 1.807) is 30.1 Å². The predicted octanol–water partition coefficient (Wildman–Crippen LogP) is 0.414. The van der Waals surface area contributed by atoms with Gasteiger partial charge in [-0.3, -0.25) is 14.3 Å². The van der Waals surface area contributed by atoms with Gasteiger partial charge >= 0.3 is 5.97 Å². The molecule has 0 bridgehead atoms. The van der Waals surface area contributed by atoms with E-state index < -0.39 is 11.4 Å². The van der Waals surface area contributed by atoms with Crippen LogP contribution in [0.2, 0.25) is 0 Å². The number of carbonyl (C=O) groups is 2. The second-order valence-electron chi connectivity index (χ2n) is 4.52. The normalized spacial score (nSPS) is 16.7. The monoisotopic (exact) mass is 249 g/mol. The van der Waals surface area contributed by atoms with Gasteiger partial charge in [0.2, 0.25) is 5.91 Å². The topological polar surface area (TPSA) is 84.2 Å². The molecule has 6 heteroatoms. The summed E-state index contributed by atoms with van der Waals surface area (Å²) in [4.78, 5) is 22.4. The number of carbonyl (C=O) groups excluding carboxylic acids is 1. The molecular weight excluding hydrogens is 234 g/mol. The van der Waals surface area contributed by atoms with E-state index in [0.29, 0.717) is 12.8 Å². The highest BCUT2D eigenvalue weighted by atomic mass is 16.4. The molecule has 0 spiro atoms. The number of rotatable bonds is 5. The lowest BCUT2D eigenvalue weighted by molar-refractivity contribution is -0.143. The molecule has 0 aliphatic heterocycles. The lowest BCUT2D eigenvalue weighted by atomic mass is 10.1. The van der Waals surface area contributed by atoms with Gasteiger partial charge < -0.3 is 10.4 Å². The summed E-state index contributed by atoms with van der Waals surface area (Å²) in [7, 11) is 1.78. The maximum Gasteiger partial charge on any atom is 0.311 e. The van der Waals surface area contributed by atoms with Crippen LogP contribution in [0.15, 0.2) is 18.3 Å². The number of nitrogens with zero attached hydrogens (tertiary/aromatic N) is 2. The standard InChI is InChI=1S/C12H15N3O3/c1-15-9(4-7-14-15)2-3-10(16)13-8-12(5-6-12)11(17)18/h2-4,7H,5-6,8H2,1H3,(H,13,16)(H,17,18)/b3-2+. The van der Waals surface area contributed by atoms with Crippen molar-refractivity contribution in [1.82, 2.24) is 15.1 Å². The van der Waals surface area contributed by atoms with Crippen LogP contribution in [0.1, 0.15) is 18.5 Å². The number of hydrogen-bond acceptors (Lipinski definition) is 3. The number of amides is 1. The van der Waals surface area contributed by atoms with Crippen molar-refractivity contribution < 1.29 is 14.7 Å². The van der Waals surface area contributed by atoms with Crippen LogP contribution in [0, 0.1) is 5.41 Å². The number of carboxylic acids is 1. The van der Waals surface area contributed by atoms with Crippen LogP contribution >= 0.6 is 0 Å². The fourth-order valence-corrected chi connectivity index (χ4v) is 1.64. The van der Waals surface area contributed by atoms with Crippen LogP contribution in [0.3, 0.4) is 0 Å². The van der Waals surface area contributed by atoms with Gasteiger partial charge in [0.05, 0.1) is 11.1 Å². The van der Waals surface area contributed by atoms with Gasteiger partial charge in [0.1, 0.15) is 0 Å². The molecule has 96 valence electrons. The highest BCUT2D eigenvalue weighted by Crippen LogP contribution is 2.45. The molecule has 1 heterocycles. The van der Waals surface area contributed by atoms with Crippen molar-refractivity contribution in [3.63, 3.8) is 0 Å².